The predicted molar refractivity (Wildman–Crippen MR) is 120 cm³/mol. The second-order valence-electron chi connectivity index (χ2n) is 8.15. The zero-order valence-electron chi connectivity index (χ0n) is 18.2. The lowest BCUT2D eigenvalue weighted by molar-refractivity contribution is -0.121. The fraction of sp³-hybridized carbons (Fsp3) is 0.478. The van der Waals surface area contributed by atoms with Crippen molar-refractivity contribution in [3.8, 4) is 0 Å². The van der Waals surface area contributed by atoms with Crippen molar-refractivity contribution in [2.75, 3.05) is 24.5 Å². The first-order chi connectivity index (χ1) is 15.1. The van der Waals surface area contributed by atoms with E-state index in [2.05, 4.69) is 51.3 Å². The highest BCUT2D eigenvalue weighted by molar-refractivity contribution is 5.86. The normalized spacial score (nSPS) is 19.0. The minimum atomic E-state index is 0.0685. The van der Waals surface area contributed by atoms with Gasteiger partial charge in [-0.25, -0.2) is 14.6 Å². The second-order valence-corrected chi connectivity index (χ2v) is 8.15. The fourth-order valence-electron chi connectivity index (χ4n) is 4.13. The van der Waals surface area contributed by atoms with Crippen LogP contribution in [0.5, 0.6) is 0 Å². The van der Waals surface area contributed by atoms with Gasteiger partial charge >= 0.3 is 0 Å². The summed E-state index contributed by atoms with van der Waals surface area (Å²) >= 11 is 0. The molecule has 2 atom stereocenters. The third-order valence-electron chi connectivity index (χ3n) is 5.49. The Hall–Kier alpha value is -3.00. The summed E-state index contributed by atoms with van der Waals surface area (Å²) < 4.78 is 7.67. The van der Waals surface area contributed by atoms with Gasteiger partial charge in [-0.1, -0.05) is 30.3 Å². The van der Waals surface area contributed by atoms with Gasteiger partial charge in [0.2, 0.25) is 5.91 Å². The van der Waals surface area contributed by atoms with Gasteiger partial charge in [-0.2, -0.15) is 5.10 Å². The number of aromatic nitrogens is 4. The Kier molecular flexibility index (Phi) is 6.76. The molecule has 2 unspecified atom stereocenters. The van der Waals surface area contributed by atoms with Gasteiger partial charge in [-0.3, -0.25) is 4.79 Å². The molecule has 8 nitrogen and oxygen atoms in total. The summed E-state index contributed by atoms with van der Waals surface area (Å²) in [6.07, 6.45) is 5.99. The Morgan fingerprint density at radius 2 is 1.94 bits per heavy atom. The molecule has 4 rings (SSSR count). The van der Waals surface area contributed by atoms with Crippen molar-refractivity contribution in [1.29, 1.82) is 0 Å². The third-order valence-corrected chi connectivity index (χ3v) is 5.49. The molecule has 0 radical (unpaired) electrons. The molecule has 1 N–H and O–H groups in total. The van der Waals surface area contributed by atoms with Crippen LogP contribution >= 0.6 is 0 Å². The second kappa shape index (κ2) is 9.87. The quantitative estimate of drug-likeness (QED) is 0.601. The molecule has 0 saturated carbocycles. The maximum absolute atomic E-state index is 12.2. The largest absolute Gasteiger partial charge is 0.372 e. The summed E-state index contributed by atoms with van der Waals surface area (Å²) in [7, 11) is 0. The highest BCUT2D eigenvalue weighted by Gasteiger charge is 2.25. The smallest absolute Gasteiger partial charge is 0.220 e. The monoisotopic (exact) mass is 422 g/mol. The molecular formula is C23H30N6O2. The number of anilines is 1. The summed E-state index contributed by atoms with van der Waals surface area (Å²) in [5.41, 5.74) is 2.05. The van der Waals surface area contributed by atoms with Gasteiger partial charge in [0, 0.05) is 26.1 Å². The van der Waals surface area contributed by atoms with Gasteiger partial charge in [0.25, 0.3) is 0 Å². The van der Waals surface area contributed by atoms with Crippen molar-refractivity contribution in [2.45, 2.75) is 51.9 Å². The maximum Gasteiger partial charge on any atom is 0.220 e. The number of fused-ring (bicyclic) bond motifs is 1. The first kappa shape index (κ1) is 21.2. The first-order valence-electron chi connectivity index (χ1n) is 11.0. The third kappa shape index (κ3) is 5.38. The van der Waals surface area contributed by atoms with E-state index in [0.717, 1.165) is 42.8 Å². The molecule has 3 aromatic rings. The molecule has 0 spiro atoms. The molecule has 8 heteroatoms. The molecule has 3 heterocycles. The molecule has 1 fully saturated rings. The Bertz CT molecular complexity index is 996. The highest BCUT2D eigenvalue weighted by atomic mass is 16.5. The predicted octanol–water partition coefficient (Wildman–Crippen LogP) is 2.58. The summed E-state index contributed by atoms with van der Waals surface area (Å²) in [5, 5.41) is 8.41. The maximum atomic E-state index is 12.2. The van der Waals surface area contributed by atoms with Crippen LogP contribution in [-0.4, -0.2) is 57.5 Å². The summed E-state index contributed by atoms with van der Waals surface area (Å²) in [6.45, 7) is 6.83. The number of morpholine rings is 1. The number of ether oxygens (including phenoxy) is 1. The number of carbonyl (C=O) groups excluding carboxylic acids is 1. The van der Waals surface area contributed by atoms with Crippen molar-refractivity contribution in [2.24, 2.45) is 0 Å². The van der Waals surface area contributed by atoms with E-state index < -0.39 is 0 Å². The number of carbonyl (C=O) groups is 1. The Labute approximate surface area is 182 Å². The standard InChI is InChI=1S/C23H30N6O2/c1-17-14-28(15-18(2)31-17)22-20-13-27-29(23(20)26-16-25-22)12-11-24-21(30)10-6-9-19-7-4-3-5-8-19/h3-5,7-8,13,16-18H,6,9-12,14-15H2,1-2H3,(H,24,30). The van der Waals surface area contributed by atoms with E-state index in [9.17, 15) is 4.79 Å². The fourth-order valence-corrected chi connectivity index (χ4v) is 4.13. The Morgan fingerprint density at radius 3 is 2.71 bits per heavy atom. The van der Waals surface area contributed by atoms with Crippen LogP contribution in [0.4, 0.5) is 5.82 Å². The van der Waals surface area contributed by atoms with Crippen molar-refractivity contribution in [3.05, 3.63) is 48.4 Å². The number of amides is 1. The number of benzene rings is 1. The van der Waals surface area contributed by atoms with Crippen molar-refractivity contribution in [3.63, 3.8) is 0 Å². The SMILES string of the molecule is CC1CN(c2ncnc3c2cnn3CCNC(=O)CCCc2ccccc2)CC(C)O1. The lowest BCUT2D eigenvalue weighted by Gasteiger charge is -2.36. The van der Waals surface area contributed by atoms with E-state index in [1.165, 1.54) is 5.56 Å². The number of aryl methyl sites for hydroxylation is 1. The molecule has 0 bridgehead atoms. The van der Waals surface area contributed by atoms with Crippen molar-refractivity contribution < 1.29 is 9.53 Å². The minimum Gasteiger partial charge on any atom is -0.372 e. The van der Waals surface area contributed by atoms with Gasteiger partial charge in [-0.05, 0) is 32.3 Å². The zero-order chi connectivity index (χ0) is 21.6. The Morgan fingerprint density at radius 1 is 1.16 bits per heavy atom. The van der Waals surface area contributed by atoms with Gasteiger partial charge in [0.15, 0.2) is 5.65 Å². The molecule has 31 heavy (non-hydrogen) atoms. The molecule has 164 valence electrons. The highest BCUT2D eigenvalue weighted by Crippen LogP contribution is 2.25. The topological polar surface area (TPSA) is 85.2 Å². The molecular weight excluding hydrogens is 392 g/mol. The van der Waals surface area contributed by atoms with E-state index in [1.54, 1.807) is 6.33 Å². The first-order valence-corrected chi connectivity index (χ1v) is 11.0. The lowest BCUT2D eigenvalue weighted by Crippen LogP contribution is -2.45. The number of hydrogen-bond donors (Lipinski definition) is 1. The lowest BCUT2D eigenvalue weighted by atomic mass is 10.1. The van der Waals surface area contributed by atoms with Crippen LogP contribution in [0.2, 0.25) is 0 Å². The molecule has 1 saturated heterocycles. The van der Waals surface area contributed by atoms with Crippen LogP contribution in [-0.2, 0) is 22.5 Å². The van der Waals surface area contributed by atoms with Crippen LogP contribution in [0, 0.1) is 0 Å². The van der Waals surface area contributed by atoms with E-state index in [-0.39, 0.29) is 18.1 Å². The number of rotatable bonds is 8. The van der Waals surface area contributed by atoms with Crippen LogP contribution < -0.4 is 10.2 Å². The van der Waals surface area contributed by atoms with Crippen LogP contribution in [0.15, 0.2) is 42.9 Å². The van der Waals surface area contributed by atoms with Gasteiger partial charge in [-0.15, -0.1) is 0 Å². The Balaban J connectivity index is 1.30. The van der Waals surface area contributed by atoms with E-state index in [1.807, 2.05) is 29.1 Å². The van der Waals surface area contributed by atoms with Gasteiger partial charge in [0.1, 0.15) is 12.1 Å². The van der Waals surface area contributed by atoms with Crippen molar-refractivity contribution in [1.82, 2.24) is 25.1 Å². The summed E-state index contributed by atoms with van der Waals surface area (Å²) in [4.78, 5) is 23.4. The number of hydrogen-bond acceptors (Lipinski definition) is 6. The molecule has 1 aromatic carbocycles. The summed E-state index contributed by atoms with van der Waals surface area (Å²) in [6, 6.07) is 10.2. The molecule has 0 aliphatic carbocycles. The van der Waals surface area contributed by atoms with Gasteiger partial charge < -0.3 is 15.0 Å². The number of nitrogens with zero attached hydrogens (tertiary/aromatic N) is 5. The minimum absolute atomic E-state index is 0.0685. The average molecular weight is 423 g/mol. The van der Waals surface area contributed by atoms with Crippen LogP contribution in [0.1, 0.15) is 32.3 Å². The van der Waals surface area contributed by atoms with E-state index in [0.29, 0.717) is 19.5 Å². The average Bonchev–Trinajstić information content (AvgIpc) is 3.17. The van der Waals surface area contributed by atoms with Crippen LogP contribution in [0.25, 0.3) is 11.0 Å². The van der Waals surface area contributed by atoms with Gasteiger partial charge in [0.05, 0.1) is 30.3 Å². The van der Waals surface area contributed by atoms with Crippen molar-refractivity contribution >= 4 is 22.8 Å². The number of nitrogens with one attached hydrogen (secondary N) is 1. The van der Waals surface area contributed by atoms with Crippen LogP contribution in [0.3, 0.4) is 0 Å². The molecule has 1 aliphatic heterocycles. The summed E-state index contributed by atoms with van der Waals surface area (Å²) in [5.74, 6) is 0.960. The zero-order valence-corrected chi connectivity index (χ0v) is 18.2. The van der Waals surface area contributed by atoms with E-state index in [4.69, 9.17) is 4.74 Å². The molecule has 1 aliphatic rings. The molecule has 1 amide bonds. The molecule has 2 aromatic heterocycles. The van der Waals surface area contributed by atoms with E-state index >= 15 is 0 Å².